The molecule has 80 heavy (non-hydrogen) atoms. The van der Waals surface area contributed by atoms with Crippen LogP contribution in [0, 0.1) is 0 Å². The van der Waals surface area contributed by atoms with Gasteiger partial charge >= 0.3 is 0 Å². The van der Waals surface area contributed by atoms with Crippen molar-refractivity contribution in [3.8, 4) is 0 Å². The maximum Gasteiger partial charge on any atom is 0.160 e. The van der Waals surface area contributed by atoms with E-state index in [1.807, 2.05) is 146 Å². The first kappa shape index (κ1) is 51.7. The van der Waals surface area contributed by atoms with Crippen molar-refractivity contribution in [3.63, 3.8) is 0 Å². The maximum absolute atomic E-state index is 4.04. The molecule has 18 heterocycles. The molecule has 0 bridgehead atoms. The second-order valence-corrected chi connectivity index (χ2v) is 16.5. The molecule has 1 aliphatic heterocycles. The lowest BCUT2D eigenvalue weighted by molar-refractivity contribution is 0.750. The minimum absolute atomic E-state index is 0.887. The Bertz CT molecular complexity index is 3450. The third-order valence-electron chi connectivity index (χ3n) is 11.3. The Morgan fingerprint density at radius 2 is 1.00 bits per heavy atom. The number of pyridine rings is 3. The minimum Gasteiger partial charge on any atom is -0.351 e. The number of H-pyrrole nitrogens is 1. The highest BCUT2D eigenvalue weighted by molar-refractivity contribution is 5.72. The molecular formula is C55H49N25. The van der Waals surface area contributed by atoms with Gasteiger partial charge in [-0.05, 0) is 79.6 Å². The number of aromatic amines is 1. The third-order valence-corrected chi connectivity index (χ3v) is 11.3. The van der Waals surface area contributed by atoms with E-state index in [-0.39, 0.29) is 0 Å². The van der Waals surface area contributed by atoms with Crippen molar-refractivity contribution in [2.24, 2.45) is 0 Å². The van der Waals surface area contributed by atoms with E-state index >= 15 is 0 Å². The van der Waals surface area contributed by atoms with Crippen LogP contribution in [0.4, 0.5) is 0 Å². The summed E-state index contributed by atoms with van der Waals surface area (Å²) in [5, 5.41) is 19.4. The predicted molar refractivity (Wildman–Crippen MR) is 298 cm³/mol. The monoisotopic (exact) mass is 1060 g/mol. The van der Waals surface area contributed by atoms with Gasteiger partial charge in [-0.25, -0.2) is 53.4 Å². The van der Waals surface area contributed by atoms with Gasteiger partial charge in [0, 0.05) is 142 Å². The Labute approximate surface area is 454 Å². The number of imidazole rings is 5. The zero-order chi connectivity index (χ0) is 54.2. The summed E-state index contributed by atoms with van der Waals surface area (Å²) in [6.45, 7) is 1.24. The number of nitrogens with zero attached hydrogens (tertiary/aromatic N) is 24. The van der Waals surface area contributed by atoms with E-state index in [9.17, 15) is 0 Å². The van der Waals surface area contributed by atoms with E-state index in [2.05, 4.69) is 108 Å². The summed E-state index contributed by atoms with van der Waals surface area (Å²) in [6.07, 6.45) is 52.5. The van der Waals surface area contributed by atoms with Gasteiger partial charge in [-0.2, -0.15) is 15.3 Å². The molecule has 0 radical (unpaired) electrons. The summed E-state index contributed by atoms with van der Waals surface area (Å²) >= 11 is 0. The Balaban J connectivity index is 0.000000101. The van der Waals surface area contributed by atoms with Crippen molar-refractivity contribution in [3.05, 3.63) is 265 Å². The van der Waals surface area contributed by atoms with Crippen molar-refractivity contribution in [2.45, 2.75) is 19.4 Å². The molecule has 25 nitrogen and oxygen atoms in total. The Kier molecular flexibility index (Phi) is 17.6. The standard InChI is InChI=1S/C7H9N.8C6H5N3/c1-3-7-4-2-6-8(7)5-1;2*1-3-9-4-2-8-6(9)5-7-1;1-3-7-6-2-4-8-9(6)5-1;1-2-7-3-6-5(1)8-4-9-6;1-2-7-5-9-4-3-8-6(1)9;1-2-6-7-4-5-9(6)8-3-1;1-2-4-9-5-7-8-6(9)3-1;1-2-4-9-6(3-1)7-5-8-9/h1,3,5H,2,4,6H2;3*1-5H;1-4H,(H,8,9);4*1-5H. The van der Waals surface area contributed by atoms with Gasteiger partial charge in [0.1, 0.15) is 24.6 Å². The van der Waals surface area contributed by atoms with Gasteiger partial charge in [0.15, 0.2) is 33.9 Å². The van der Waals surface area contributed by atoms with Crippen LogP contribution in [-0.2, 0) is 13.0 Å². The zero-order valence-corrected chi connectivity index (χ0v) is 42.6. The first-order valence-electron chi connectivity index (χ1n) is 24.7. The first-order valence-corrected chi connectivity index (χ1v) is 24.7. The lowest BCUT2D eigenvalue weighted by Gasteiger charge is -1.90. The molecule has 25 heteroatoms. The van der Waals surface area contributed by atoms with E-state index in [0.717, 1.165) is 50.6 Å². The van der Waals surface area contributed by atoms with Gasteiger partial charge in [0.25, 0.3) is 0 Å². The van der Waals surface area contributed by atoms with Crippen molar-refractivity contribution >= 4 is 50.6 Å². The van der Waals surface area contributed by atoms with Gasteiger partial charge in [0.2, 0.25) is 0 Å². The fourth-order valence-corrected chi connectivity index (χ4v) is 7.48. The van der Waals surface area contributed by atoms with Gasteiger partial charge in [0.05, 0.1) is 42.1 Å². The molecule has 1 aliphatic rings. The normalized spacial score (nSPS) is 10.8. The molecule has 0 amide bonds. The van der Waals surface area contributed by atoms with Crippen LogP contribution >= 0.6 is 0 Å². The minimum atomic E-state index is 0.887. The molecule has 0 unspecified atom stereocenters. The van der Waals surface area contributed by atoms with Crippen LogP contribution in [-0.4, -0.2) is 121 Å². The lowest BCUT2D eigenvalue weighted by atomic mass is 10.3. The summed E-state index contributed by atoms with van der Waals surface area (Å²) in [5.41, 5.74) is 9.71. The molecule has 0 aliphatic carbocycles. The predicted octanol–water partition coefficient (Wildman–Crippen LogP) is 7.50. The summed E-state index contributed by atoms with van der Waals surface area (Å²) < 4.78 is 15.0. The van der Waals surface area contributed by atoms with Crippen LogP contribution in [0.5, 0.6) is 0 Å². The highest BCUT2D eigenvalue weighted by Gasteiger charge is 2.06. The maximum atomic E-state index is 4.04. The van der Waals surface area contributed by atoms with E-state index in [1.54, 1.807) is 119 Å². The van der Waals surface area contributed by atoms with Gasteiger partial charge in [-0.1, -0.05) is 12.1 Å². The van der Waals surface area contributed by atoms with E-state index in [1.165, 1.54) is 31.4 Å². The molecule has 0 atom stereocenters. The second kappa shape index (κ2) is 27.2. The first-order chi connectivity index (χ1) is 39.7. The van der Waals surface area contributed by atoms with Crippen LogP contribution < -0.4 is 0 Å². The molecule has 1 N–H and O–H groups in total. The third kappa shape index (κ3) is 14.3. The number of fused-ring (bicyclic) bond motifs is 9. The van der Waals surface area contributed by atoms with E-state index < -0.39 is 0 Å². The molecule has 0 saturated heterocycles. The molecule has 0 spiro atoms. The average Bonchev–Trinajstić information content (AvgIpc) is 4.36. The Morgan fingerprint density at radius 1 is 0.375 bits per heavy atom. The van der Waals surface area contributed by atoms with Crippen molar-refractivity contribution in [2.75, 3.05) is 0 Å². The van der Waals surface area contributed by atoms with Crippen LogP contribution in [0.25, 0.3) is 50.6 Å². The smallest absolute Gasteiger partial charge is 0.160 e. The van der Waals surface area contributed by atoms with Crippen LogP contribution in [0.15, 0.2) is 259 Å². The molecule has 0 aromatic carbocycles. The molecule has 17 aromatic rings. The van der Waals surface area contributed by atoms with Crippen LogP contribution in [0.1, 0.15) is 12.1 Å². The molecule has 0 saturated carbocycles. The zero-order valence-electron chi connectivity index (χ0n) is 42.6. The van der Waals surface area contributed by atoms with E-state index in [0.29, 0.717) is 0 Å². The fraction of sp³-hybridized carbons (Fsp3) is 0.0545. The average molecular weight is 1060 g/mol. The van der Waals surface area contributed by atoms with Gasteiger partial charge < -0.3 is 18.4 Å². The van der Waals surface area contributed by atoms with Crippen molar-refractivity contribution in [1.29, 1.82) is 0 Å². The Morgan fingerprint density at radius 3 is 1.76 bits per heavy atom. The number of nitrogens with one attached hydrogen (secondary N) is 1. The van der Waals surface area contributed by atoms with E-state index in [4.69, 9.17) is 0 Å². The van der Waals surface area contributed by atoms with Crippen LogP contribution in [0.2, 0.25) is 0 Å². The molecule has 0 fully saturated rings. The Hall–Kier alpha value is -11.8. The number of hydrogen-bond donors (Lipinski definition) is 1. The van der Waals surface area contributed by atoms with Gasteiger partial charge in [-0.3, -0.25) is 23.8 Å². The number of aryl methyl sites for hydroxylation is 2. The SMILES string of the molecule is c1cc2n(c1)CCC2.c1cc2nc[nH]c2cn1.c1cc2nccn2cn1.c1ccn2cnnc2c1.c1ccn2ncnc2c1.c1cn2ccnc2cn1.c1cn2ccnc2cn1.c1cnc2ccnn2c1.c1cnn2ccnc2c1. The van der Waals surface area contributed by atoms with Crippen molar-refractivity contribution < 1.29 is 0 Å². The summed E-state index contributed by atoms with van der Waals surface area (Å²) in [4.78, 5) is 46.7. The highest BCUT2D eigenvalue weighted by atomic mass is 15.3. The van der Waals surface area contributed by atoms with Gasteiger partial charge in [-0.15, -0.1) is 10.2 Å². The number of aromatic nitrogens is 25. The number of rotatable bonds is 0. The lowest BCUT2D eigenvalue weighted by Crippen LogP contribution is -1.86. The molecular weight excluding hydrogens is 1010 g/mol. The van der Waals surface area contributed by atoms with Crippen LogP contribution in [0.3, 0.4) is 0 Å². The largest absolute Gasteiger partial charge is 0.351 e. The summed E-state index contributed by atoms with van der Waals surface area (Å²) in [6, 6.07) is 27.1. The van der Waals surface area contributed by atoms with Crippen molar-refractivity contribution in [1.82, 2.24) is 121 Å². The summed E-state index contributed by atoms with van der Waals surface area (Å²) in [5.74, 6) is 0. The topological polar surface area (TPSA) is 258 Å². The molecule has 394 valence electrons. The molecule has 18 rings (SSSR count). The fourth-order valence-electron chi connectivity index (χ4n) is 7.48. The highest BCUT2D eigenvalue weighted by Crippen LogP contribution is 2.13. The molecule has 17 aromatic heterocycles. The summed E-state index contributed by atoms with van der Waals surface area (Å²) in [7, 11) is 0. The number of hydrogen-bond acceptors (Lipinski definition) is 16. The quantitative estimate of drug-likeness (QED) is 0.154. The second-order valence-electron chi connectivity index (χ2n) is 16.5.